The van der Waals surface area contributed by atoms with Gasteiger partial charge in [0.05, 0.1) is 6.54 Å². The lowest BCUT2D eigenvalue weighted by Gasteiger charge is -2.11. The third-order valence-electron chi connectivity index (χ3n) is 4.11. The molecular weight excluding hydrogens is 329 g/mol. The number of hydrogen-bond donors (Lipinski definition) is 0. The van der Waals surface area contributed by atoms with Crippen LogP contribution in [0.5, 0.6) is 0 Å². The van der Waals surface area contributed by atoms with Crippen LogP contribution in [0.4, 0.5) is 13.2 Å². The van der Waals surface area contributed by atoms with E-state index in [-0.39, 0.29) is 30.3 Å². The third-order valence-corrected chi connectivity index (χ3v) is 4.11. The second-order valence-corrected chi connectivity index (χ2v) is 6.23. The monoisotopic (exact) mass is 346 g/mol. The van der Waals surface area contributed by atoms with Crippen molar-refractivity contribution in [2.24, 2.45) is 4.99 Å². The summed E-state index contributed by atoms with van der Waals surface area (Å²) < 4.78 is 39.8. The number of halogens is 3. The number of aryl methyl sites for hydroxylation is 1. The van der Waals surface area contributed by atoms with Gasteiger partial charge in [-0.05, 0) is 35.7 Å². The first-order valence-corrected chi connectivity index (χ1v) is 8.00. The van der Waals surface area contributed by atoms with E-state index in [1.54, 1.807) is 18.2 Å². The maximum absolute atomic E-state index is 13.5. The Hall–Kier alpha value is -2.50. The van der Waals surface area contributed by atoms with Crippen LogP contribution in [0, 0.1) is 5.82 Å². The van der Waals surface area contributed by atoms with Gasteiger partial charge in [0.25, 0.3) is 5.92 Å². The Morgan fingerprint density at radius 3 is 2.64 bits per heavy atom. The molecule has 0 N–H and O–H groups in total. The summed E-state index contributed by atoms with van der Waals surface area (Å²) >= 11 is 0. The Kier molecular flexibility index (Phi) is 4.70. The summed E-state index contributed by atoms with van der Waals surface area (Å²) in [6.45, 7) is 1.00. The lowest BCUT2D eigenvalue weighted by atomic mass is 10.0. The number of nitrogens with zero attached hydrogens (tertiary/aromatic N) is 2. The smallest absolute Gasteiger partial charge is 0.287 e. The summed E-state index contributed by atoms with van der Waals surface area (Å²) in [5, 5.41) is 0. The SMILES string of the molecule is CC(F)(F)C1=NCc2cc(CC(=O)CCc3ccc(F)cc3)ncc21. The van der Waals surface area contributed by atoms with Crippen LogP contribution in [0.3, 0.4) is 0 Å². The molecule has 0 atom stereocenters. The molecule has 1 aromatic heterocycles. The van der Waals surface area contributed by atoms with Gasteiger partial charge in [0.1, 0.15) is 17.3 Å². The highest BCUT2D eigenvalue weighted by Crippen LogP contribution is 2.28. The molecule has 0 aliphatic carbocycles. The number of hydrogen-bond acceptors (Lipinski definition) is 3. The standard InChI is InChI=1S/C19H17F3N2O/c1-19(21,22)18-17-11-23-15(8-13(17)10-24-18)9-16(25)7-4-12-2-5-14(20)6-3-12/h2-3,5-6,8,11H,4,7,9-10H2,1H3. The van der Waals surface area contributed by atoms with Crippen molar-refractivity contribution in [2.75, 3.05) is 0 Å². The van der Waals surface area contributed by atoms with Crippen LogP contribution in [-0.4, -0.2) is 22.4 Å². The predicted molar refractivity (Wildman–Crippen MR) is 88.5 cm³/mol. The number of benzene rings is 1. The van der Waals surface area contributed by atoms with Crippen LogP contribution in [0.1, 0.15) is 35.7 Å². The third kappa shape index (κ3) is 4.13. The van der Waals surface area contributed by atoms with Gasteiger partial charge in [0.15, 0.2) is 0 Å². The highest BCUT2D eigenvalue weighted by Gasteiger charge is 2.35. The van der Waals surface area contributed by atoms with Crippen LogP contribution < -0.4 is 0 Å². The molecule has 0 radical (unpaired) electrons. The first-order valence-electron chi connectivity index (χ1n) is 8.00. The Balaban J connectivity index is 1.61. The van der Waals surface area contributed by atoms with Crippen molar-refractivity contribution in [1.82, 2.24) is 4.98 Å². The Labute approximate surface area is 143 Å². The van der Waals surface area contributed by atoms with Gasteiger partial charge in [-0.1, -0.05) is 12.1 Å². The van der Waals surface area contributed by atoms with Gasteiger partial charge >= 0.3 is 0 Å². The van der Waals surface area contributed by atoms with E-state index in [1.807, 2.05) is 0 Å². The number of Topliss-reactive ketones (excluding diaryl/α,β-unsaturated/α-hetero) is 1. The summed E-state index contributed by atoms with van der Waals surface area (Å²) in [4.78, 5) is 20.1. The molecule has 3 rings (SSSR count). The van der Waals surface area contributed by atoms with Crippen molar-refractivity contribution in [3.8, 4) is 0 Å². The van der Waals surface area contributed by atoms with Gasteiger partial charge in [-0.3, -0.25) is 14.8 Å². The van der Waals surface area contributed by atoms with E-state index in [0.717, 1.165) is 12.5 Å². The molecule has 0 amide bonds. The van der Waals surface area contributed by atoms with Crippen LogP contribution in [0.15, 0.2) is 41.5 Å². The second kappa shape index (κ2) is 6.78. The summed E-state index contributed by atoms with van der Waals surface area (Å²) in [6, 6.07) is 7.71. The number of rotatable bonds is 6. The molecule has 0 bridgehead atoms. The molecule has 2 heterocycles. The van der Waals surface area contributed by atoms with E-state index in [0.29, 0.717) is 29.7 Å². The Morgan fingerprint density at radius 2 is 1.96 bits per heavy atom. The number of aliphatic imine (C=N–C) groups is 1. The molecule has 25 heavy (non-hydrogen) atoms. The van der Waals surface area contributed by atoms with E-state index in [4.69, 9.17) is 0 Å². The van der Waals surface area contributed by atoms with Gasteiger partial charge in [0.2, 0.25) is 0 Å². The van der Waals surface area contributed by atoms with Crippen LogP contribution in [0.2, 0.25) is 0 Å². The average Bonchev–Trinajstić information content (AvgIpc) is 2.98. The highest BCUT2D eigenvalue weighted by atomic mass is 19.3. The zero-order valence-electron chi connectivity index (χ0n) is 13.7. The molecule has 1 aliphatic rings. The fourth-order valence-corrected chi connectivity index (χ4v) is 2.84. The number of carbonyl (C=O) groups excluding carboxylic acids is 1. The van der Waals surface area contributed by atoms with E-state index in [1.165, 1.54) is 18.3 Å². The topological polar surface area (TPSA) is 42.3 Å². The molecule has 1 aliphatic heterocycles. The minimum absolute atomic E-state index is 0.00302. The van der Waals surface area contributed by atoms with Gasteiger partial charge < -0.3 is 0 Å². The molecule has 0 saturated carbocycles. The number of carbonyl (C=O) groups is 1. The quantitative estimate of drug-likeness (QED) is 0.795. The summed E-state index contributed by atoms with van der Waals surface area (Å²) in [5.41, 5.74) is 2.23. The summed E-state index contributed by atoms with van der Waals surface area (Å²) in [6.07, 6.45) is 2.37. The van der Waals surface area contributed by atoms with Crippen molar-refractivity contribution >= 4 is 11.5 Å². The van der Waals surface area contributed by atoms with E-state index < -0.39 is 5.92 Å². The van der Waals surface area contributed by atoms with Crippen molar-refractivity contribution < 1.29 is 18.0 Å². The Bertz CT molecular complexity index is 824. The fourth-order valence-electron chi connectivity index (χ4n) is 2.84. The zero-order valence-corrected chi connectivity index (χ0v) is 13.7. The van der Waals surface area contributed by atoms with Crippen molar-refractivity contribution in [3.05, 3.63) is 64.7 Å². The first-order chi connectivity index (χ1) is 11.8. The molecule has 0 saturated heterocycles. The number of pyridine rings is 1. The first kappa shape index (κ1) is 17.3. The van der Waals surface area contributed by atoms with Gasteiger partial charge in [-0.25, -0.2) is 4.39 Å². The fraction of sp³-hybridized carbons (Fsp3) is 0.316. The zero-order chi connectivity index (χ0) is 18.0. The van der Waals surface area contributed by atoms with Crippen molar-refractivity contribution in [1.29, 1.82) is 0 Å². The van der Waals surface area contributed by atoms with E-state index >= 15 is 0 Å². The maximum atomic E-state index is 13.5. The number of aromatic nitrogens is 1. The second-order valence-electron chi connectivity index (χ2n) is 6.23. The predicted octanol–water partition coefficient (Wildman–Crippen LogP) is 3.92. The maximum Gasteiger partial charge on any atom is 0.287 e. The number of alkyl halides is 2. The highest BCUT2D eigenvalue weighted by molar-refractivity contribution is 6.07. The molecule has 1 aromatic carbocycles. The molecule has 3 nitrogen and oxygen atoms in total. The number of fused-ring (bicyclic) bond motifs is 1. The molecule has 6 heteroatoms. The lowest BCUT2D eigenvalue weighted by molar-refractivity contribution is -0.118. The molecular formula is C19H17F3N2O. The molecule has 130 valence electrons. The molecule has 0 fully saturated rings. The van der Waals surface area contributed by atoms with Crippen LogP contribution in [0.25, 0.3) is 0 Å². The van der Waals surface area contributed by atoms with Crippen molar-refractivity contribution in [2.45, 2.75) is 38.7 Å². The minimum Gasteiger partial charge on any atom is -0.299 e. The molecule has 2 aromatic rings. The summed E-state index contributed by atoms with van der Waals surface area (Å²) in [7, 11) is 0. The van der Waals surface area contributed by atoms with Crippen LogP contribution in [-0.2, 0) is 24.2 Å². The normalized spacial score (nSPS) is 13.5. The lowest BCUT2D eigenvalue weighted by Crippen LogP contribution is -2.24. The van der Waals surface area contributed by atoms with Gasteiger partial charge in [-0.2, -0.15) is 8.78 Å². The minimum atomic E-state index is -3.00. The van der Waals surface area contributed by atoms with Crippen molar-refractivity contribution in [3.63, 3.8) is 0 Å². The average molecular weight is 346 g/mol. The Morgan fingerprint density at radius 1 is 1.24 bits per heavy atom. The van der Waals surface area contributed by atoms with E-state index in [2.05, 4.69) is 9.98 Å². The van der Waals surface area contributed by atoms with Gasteiger partial charge in [-0.15, -0.1) is 0 Å². The van der Waals surface area contributed by atoms with Gasteiger partial charge in [0, 0.05) is 37.2 Å². The van der Waals surface area contributed by atoms with Crippen LogP contribution >= 0.6 is 0 Å². The van der Waals surface area contributed by atoms with E-state index in [9.17, 15) is 18.0 Å². The summed E-state index contributed by atoms with van der Waals surface area (Å²) in [5.74, 6) is -3.31. The number of ketones is 1. The largest absolute Gasteiger partial charge is 0.299 e. The molecule has 0 unspecified atom stereocenters. The molecule has 0 spiro atoms.